The highest BCUT2D eigenvalue weighted by molar-refractivity contribution is 7.89. The number of ether oxygens (including phenoxy) is 2. The van der Waals surface area contributed by atoms with Crippen LogP contribution >= 0.6 is 0 Å². The first-order valence-corrected chi connectivity index (χ1v) is 13.8. The summed E-state index contributed by atoms with van der Waals surface area (Å²) in [4.78, 5) is 5.63. The Hall–Kier alpha value is -3.94. The molecule has 0 bridgehead atoms. The van der Waals surface area contributed by atoms with Crippen molar-refractivity contribution in [1.82, 2.24) is 4.31 Å². The first-order chi connectivity index (χ1) is 18.3. The van der Waals surface area contributed by atoms with E-state index in [9.17, 15) is 8.42 Å². The van der Waals surface area contributed by atoms with Crippen molar-refractivity contribution in [3.63, 3.8) is 0 Å². The van der Waals surface area contributed by atoms with Gasteiger partial charge in [0.2, 0.25) is 10.0 Å². The van der Waals surface area contributed by atoms with Crippen LogP contribution in [-0.4, -0.2) is 45.7 Å². The highest BCUT2D eigenvalue weighted by Gasteiger charge is 2.50. The van der Waals surface area contributed by atoms with Crippen molar-refractivity contribution in [1.29, 1.82) is 0 Å². The quantitative estimate of drug-likeness (QED) is 0.286. The first kappa shape index (κ1) is 25.7. The molecule has 4 aromatic carbocycles. The molecule has 1 heterocycles. The number of aliphatic imine (C=N–C) groups is 1. The van der Waals surface area contributed by atoms with Crippen molar-refractivity contribution in [3.05, 3.63) is 125 Å². The molecule has 0 saturated carbocycles. The fourth-order valence-corrected chi connectivity index (χ4v) is 6.19. The fourth-order valence-electron chi connectivity index (χ4n) is 4.64. The number of hydrogen-bond donors (Lipinski definition) is 0. The predicted octanol–water partition coefficient (Wildman–Crippen LogP) is 5.45. The lowest BCUT2D eigenvalue weighted by Gasteiger charge is -2.47. The maximum atomic E-state index is 13.5. The Balaban J connectivity index is 1.60. The molecule has 0 aliphatic carbocycles. The van der Waals surface area contributed by atoms with E-state index in [0.29, 0.717) is 4.90 Å². The van der Waals surface area contributed by atoms with Gasteiger partial charge >= 0.3 is 0 Å². The van der Waals surface area contributed by atoms with Crippen molar-refractivity contribution >= 4 is 15.7 Å². The molecular formula is C31H30N2O4S. The maximum Gasteiger partial charge on any atom is 0.243 e. The lowest BCUT2D eigenvalue weighted by molar-refractivity contribution is 0.161. The average molecular weight is 527 g/mol. The van der Waals surface area contributed by atoms with Crippen molar-refractivity contribution in [3.8, 4) is 11.5 Å². The highest BCUT2D eigenvalue weighted by atomic mass is 32.2. The second-order valence-corrected chi connectivity index (χ2v) is 11.3. The van der Waals surface area contributed by atoms with Crippen molar-refractivity contribution in [2.24, 2.45) is 4.99 Å². The third-order valence-electron chi connectivity index (χ3n) is 6.90. The summed E-state index contributed by atoms with van der Waals surface area (Å²) in [5, 5.41) is 0. The fraction of sp³-hybridized carbons (Fsp3) is 0.194. The number of aryl methyl sites for hydroxylation is 1. The van der Waals surface area contributed by atoms with Gasteiger partial charge < -0.3 is 9.47 Å². The molecular weight excluding hydrogens is 496 g/mol. The van der Waals surface area contributed by atoms with Crippen LogP contribution in [0.5, 0.6) is 11.5 Å². The van der Waals surface area contributed by atoms with Crippen LogP contribution in [0.25, 0.3) is 0 Å². The van der Waals surface area contributed by atoms with Gasteiger partial charge in [-0.05, 0) is 73.2 Å². The van der Waals surface area contributed by atoms with Gasteiger partial charge in [-0.2, -0.15) is 4.31 Å². The van der Waals surface area contributed by atoms with Crippen LogP contribution < -0.4 is 9.47 Å². The molecule has 1 aliphatic heterocycles. The van der Waals surface area contributed by atoms with Gasteiger partial charge in [-0.15, -0.1) is 0 Å². The summed E-state index contributed by atoms with van der Waals surface area (Å²) in [5.41, 5.74) is 3.83. The van der Waals surface area contributed by atoms with E-state index in [2.05, 4.69) is 0 Å². The second kappa shape index (κ2) is 10.4. The molecule has 1 aliphatic rings. The minimum absolute atomic E-state index is 0.239. The third kappa shape index (κ3) is 4.95. The van der Waals surface area contributed by atoms with Gasteiger partial charge in [-0.3, -0.25) is 4.99 Å². The molecule has 0 atom stereocenters. The first-order valence-electron chi connectivity index (χ1n) is 12.4. The Bertz CT molecular complexity index is 1480. The van der Waals surface area contributed by atoms with Crippen LogP contribution in [-0.2, 0) is 15.6 Å². The molecule has 7 heteroatoms. The van der Waals surface area contributed by atoms with Gasteiger partial charge in [-0.25, -0.2) is 8.42 Å². The van der Waals surface area contributed by atoms with Gasteiger partial charge in [-0.1, -0.05) is 48.0 Å². The number of methoxy groups -OCH3 is 2. The van der Waals surface area contributed by atoms with Crippen molar-refractivity contribution < 1.29 is 17.9 Å². The van der Waals surface area contributed by atoms with Gasteiger partial charge in [0, 0.05) is 24.2 Å². The Labute approximate surface area is 224 Å². The molecule has 38 heavy (non-hydrogen) atoms. The van der Waals surface area contributed by atoms with Crippen LogP contribution in [0.3, 0.4) is 0 Å². The van der Waals surface area contributed by atoms with E-state index in [-0.39, 0.29) is 13.1 Å². The Morgan fingerprint density at radius 1 is 0.737 bits per heavy atom. The zero-order valence-electron chi connectivity index (χ0n) is 21.7. The molecule has 0 radical (unpaired) electrons. The van der Waals surface area contributed by atoms with Crippen molar-refractivity contribution in [2.75, 3.05) is 27.3 Å². The topological polar surface area (TPSA) is 68.2 Å². The molecule has 6 nitrogen and oxygen atoms in total. The van der Waals surface area contributed by atoms with Gasteiger partial charge in [0.25, 0.3) is 0 Å². The summed E-state index contributed by atoms with van der Waals surface area (Å²) >= 11 is 0. The van der Waals surface area contributed by atoms with Crippen LogP contribution in [0.1, 0.15) is 22.3 Å². The van der Waals surface area contributed by atoms with E-state index >= 15 is 0 Å². The Morgan fingerprint density at radius 2 is 1.24 bits per heavy atom. The lowest BCUT2D eigenvalue weighted by atomic mass is 9.84. The molecule has 1 fully saturated rings. The van der Waals surface area contributed by atoms with Gasteiger partial charge in [0.15, 0.2) is 0 Å². The molecule has 5 rings (SSSR count). The zero-order valence-corrected chi connectivity index (χ0v) is 22.5. The van der Waals surface area contributed by atoms with Gasteiger partial charge in [0.05, 0.1) is 24.8 Å². The van der Waals surface area contributed by atoms with Gasteiger partial charge in [0.1, 0.15) is 17.0 Å². The summed E-state index contributed by atoms with van der Waals surface area (Å²) in [6.45, 7) is 2.42. The second-order valence-electron chi connectivity index (χ2n) is 9.40. The summed E-state index contributed by atoms with van der Waals surface area (Å²) in [6, 6.07) is 32.4. The third-order valence-corrected chi connectivity index (χ3v) is 8.70. The van der Waals surface area contributed by atoms with E-state index in [1.807, 2.05) is 97.9 Å². The smallest absolute Gasteiger partial charge is 0.243 e. The minimum Gasteiger partial charge on any atom is -0.497 e. The van der Waals surface area contributed by atoms with Crippen LogP contribution in [0.15, 0.2) is 113 Å². The largest absolute Gasteiger partial charge is 0.497 e. The summed E-state index contributed by atoms with van der Waals surface area (Å²) in [7, 11) is -0.382. The molecule has 0 spiro atoms. The lowest BCUT2D eigenvalue weighted by Crippen LogP contribution is -2.60. The number of hydrogen-bond acceptors (Lipinski definition) is 5. The minimum atomic E-state index is -3.65. The standard InChI is InChI=1S/C31H30N2O4S/c1-23-9-19-29(20-10-23)38(34,35)33-21-31(22-33,26-7-5-4-6-8-26)32-30(24-11-15-27(36-2)16-12-24)25-13-17-28(37-3)18-14-25/h4-20H,21-22H2,1-3H3. The molecule has 0 unspecified atom stereocenters. The number of benzene rings is 4. The Kier molecular flexibility index (Phi) is 7.06. The van der Waals surface area contributed by atoms with Crippen molar-refractivity contribution in [2.45, 2.75) is 17.4 Å². The Morgan fingerprint density at radius 3 is 1.71 bits per heavy atom. The van der Waals surface area contributed by atoms with E-state index in [4.69, 9.17) is 14.5 Å². The molecule has 1 saturated heterocycles. The number of rotatable bonds is 8. The predicted molar refractivity (Wildman–Crippen MR) is 150 cm³/mol. The van der Waals surface area contributed by atoms with Crippen LogP contribution in [0.2, 0.25) is 0 Å². The summed E-state index contributed by atoms with van der Waals surface area (Å²) in [5.74, 6) is 1.50. The van der Waals surface area contributed by atoms with E-state index < -0.39 is 15.6 Å². The molecule has 0 aromatic heterocycles. The van der Waals surface area contributed by atoms with Crippen LogP contribution in [0, 0.1) is 6.92 Å². The van der Waals surface area contributed by atoms with E-state index in [1.54, 1.807) is 26.4 Å². The molecule has 4 aromatic rings. The van der Waals surface area contributed by atoms with E-state index in [0.717, 1.165) is 39.5 Å². The SMILES string of the molecule is COc1ccc(C(=NC2(c3ccccc3)CN(S(=O)(=O)c3ccc(C)cc3)C2)c2ccc(OC)cc2)cc1. The molecule has 0 amide bonds. The zero-order chi connectivity index (χ0) is 26.8. The number of sulfonamides is 1. The normalized spacial score (nSPS) is 14.8. The number of nitrogens with zero attached hydrogens (tertiary/aromatic N) is 2. The summed E-state index contributed by atoms with van der Waals surface area (Å²) in [6.07, 6.45) is 0. The summed E-state index contributed by atoms with van der Waals surface area (Å²) < 4.78 is 39.1. The average Bonchev–Trinajstić information content (AvgIpc) is 2.93. The molecule has 194 valence electrons. The monoisotopic (exact) mass is 526 g/mol. The highest BCUT2D eigenvalue weighted by Crippen LogP contribution is 2.40. The van der Waals surface area contributed by atoms with E-state index in [1.165, 1.54) is 4.31 Å². The van der Waals surface area contributed by atoms with Crippen LogP contribution in [0.4, 0.5) is 0 Å². The molecule has 0 N–H and O–H groups in total. The maximum absolute atomic E-state index is 13.5.